The summed E-state index contributed by atoms with van der Waals surface area (Å²) in [7, 11) is 0. The van der Waals surface area contributed by atoms with E-state index in [0.29, 0.717) is 0 Å². The second-order valence-corrected chi connectivity index (χ2v) is 2.50. The van der Waals surface area contributed by atoms with Gasteiger partial charge in [0.2, 0.25) is 0 Å². The molecule has 0 spiro atoms. The second kappa shape index (κ2) is 3.40. The Morgan fingerprint density at radius 3 is 2.50 bits per heavy atom. The zero-order chi connectivity index (χ0) is 8.32. The van der Waals surface area contributed by atoms with Gasteiger partial charge < -0.3 is 0 Å². The van der Waals surface area contributed by atoms with Crippen molar-refractivity contribution >= 4 is 0 Å². The summed E-state index contributed by atoms with van der Waals surface area (Å²) in [5, 5.41) is 0. The molecule has 0 radical (unpaired) electrons. The molecule has 0 amide bonds. The SMILES string of the molecule is [2H][C@@](C)(CC)c1ccccc1. The van der Waals surface area contributed by atoms with Crippen molar-refractivity contribution in [2.24, 2.45) is 0 Å². The van der Waals surface area contributed by atoms with Gasteiger partial charge in [-0.3, -0.25) is 0 Å². The van der Waals surface area contributed by atoms with Gasteiger partial charge in [-0.05, 0) is 17.9 Å². The van der Waals surface area contributed by atoms with Crippen molar-refractivity contribution < 1.29 is 1.37 Å². The van der Waals surface area contributed by atoms with E-state index in [1.807, 2.05) is 44.2 Å². The Labute approximate surface area is 64.3 Å². The van der Waals surface area contributed by atoms with Crippen LogP contribution >= 0.6 is 0 Å². The van der Waals surface area contributed by atoms with Crippen LogP contribution < -0.4 is 0 Å². The van der Waals surface area contributed by atoms with Crippen LogP contribution in [0.2, 0.25) is 0 Å². The van der Waals surface area contributed by atoms with Gasteiger partial charge in [0, 0.05) is 1.37 Å². The lowest BCUT2D eigenvalue weighted by molar-refractivity contribution is 0.733. The Hall–Kier alpha value is -0.780. The van der Waals surface area contributed by atoms with Gasteiger partial charge in [0.1, 0.15) is 0 Å². The number of rotatable bonds is 2. The van der Waals surface area contributed by atoms with Crippen LogP contribution in [0, 0.1) is 0 Å². The van der Waals surface area contributed by atoms with E-state index in [0.717, 1.165) is 12.0 Å². The first kappa shape index (κ1) is 5.96. The molecule has 0 aliphatic heterocycles. The zero-order valence-corrected chi connectivity index (χ0v) is 6.59. The molecule has 1 rings (SSSR count). The summed E-state index contributed by atoms with van der Waals surface area (Å²) < 4.78 is 7.92. The van der Waals surface area contributed by atoms with Gasteiger partial charge in [0.25, 0.3) is 0 Å². The van der Waals surface area contributed by atoms with Crippen molar-refractivity contribution in [2.45, 2.75) is 26.2 Å². The molecule has 0 saturated carbocycles. The molecule has 0 unspecified atom stereocenters. The Morgan fingerprint density at radius 2 is 2.00 bits per heavy atom. The summed E-state index contributed by atoms with van der Waals surface area (Å²) in [5.41, 5.74) is 1.10. The van der Waals surface area contributed by atoms with E-state index in [9.17, 15) is 0 Å². The van der Waals surface area contributed by atoms with Gasteiger partial charge in [-0.15, -0.1) is 0 Å². The zero-order valence-electron chi connectivity index (χ0n) is 7.59. The van der Waals surface area contributed by atoms with Crippen molar-refractivity contribution in [3.8, 4) is 0 Å². The summed E-state index contributed by atoms with van der Waals surface area (Å²) in [5.74, 6) is -0.415. The Kier molecular flexibility index (Phi) is 2.03. The van der Waals surface area contributed by atoms with E-state index >= 15 is 0 Å². The molecule has 0 bridgehead atoms. The predicted molar refractivity (Wildman–Crippen MR) is 45.1 cm³/mol. The number of hydrogen-bond donors (Lipinski definition) is 0. The van der Waals surface area contributed by atoms with Gasteiger partial charge in [0.15, 0.2) is 0 Å². The molecule has 0 fully saturated rings. The van der Waals surface area contributed by atoms with E-state index in [-0.39, 0.29) is 0 Å². The predicted octanol–water partition coefficient (Wildman–Crippen LogP) is 3.20. The second-order valence-electron chi connectivity index (χ2n) is 2.50. The van der Waals surface area contributed by atoms with E-state index in [4.69, 9.17) is 1.37 Å². The normalized spacial score (nSPS) is 17.6. The molecule has 0 nitrogen and oxygen atoms in total. The standard InChI is InChI=1S/C10H14/c1-3-9(2)10-7-5-4-6-8-10/h4-9H,3H2,1-2H3/t9-/m1/s1/i9D. The van der Waals surface area contributed by atoms with Crippen LogP contribution in [0.1, 0.15) is 33.1 Å². The Balaban J connectivity index is 2.93. The lowest BCUT2D eigenvalue weighted by Gasteiger charge is -2.06. The third kappa shape index (κ3) is 1.60. The van der Waals surface area contributed by atoms with Gasteiger partial charge in [-0.1, -0.05) is 44.2 Å². The van der Waals surface area contributed by atoms with Crippen LogP contribution in [0.25, 0.3) is 0 Å². The van der Waals surface area contributed by atoms with Gasteiger partial charge in [0.05, 0.1) is 0 Å². The van der Waals surface area contributed by atoms with Crippen molar-refractivity contribution in [3.05, 3.63) is 35.9 Å². The minimum Gasteiger partial charge on any atom is -0.0648 e. The average molecular weight is 135 g/mol. The average Bonchev–Trinajstić information content (AvgIpc) is 2.06. The Bertz CT molecular complexity index is 214. The third-order valence-electron chi connectivity index (χ3n) is 1.80. The smallest absolute Gasteiger partial charge is 0.0349 e. The highest BCUT2D eigenvalue weighted by molar-refractivity contribution is 5.18. The van der Waals surface area contributed by atoms with E-state index < -0.39 is 5.89 Å². The number of benzene rings is 1. The molecule has 10 heavy (non-hydrogen) atoms. The summed E-state index contributed by atoms with van der Waals surface area (Å²) in [6.07, 6.45) is 0.858. The van der Waals surface area contributed by atoms with Crippen molar-refractivity contribution in [3.63, 3.8) is 0 Å². The van der Waals surface area contributed by atoms with Crippen LogP contribution in [0.15, 0.2) is 30.3 Å². The van der Waals surface area contributed by atoms with Gasteiger partial charge >= 0.3 is 0 Å². The van der Waals surface area contributed by atoms with Crippen LogP contribution in [-0.2, 0) is 0 Å². The first-order chi connectivity index (χ1) is 5.17. The van der Waals surface area contributed by atoms with Crippen LogP contribution in [0.3, 0.4) is 0 Å². The minimum atomic E-state index is -0.415. The monoisotopic (exact) mass is 135 g/mol. The lowest BCUT2D eigenvalue weighted by Crippen LogP contribution is -1.88. The molecule has 1 atom stereocenters. The highest BCUT2D eigenvalue weighted by Gasteiger charge is 1.98. The van der Waals surface area contributed by atoms with Crippen molar-refractivity contribution in [2.75, 3.05) is 0 Å². The Morgan fingerprint density at radius 1 is 1.40 bits per heavy atom. The maximum absolute atomic E-state index is 7.92. The first-order valence-corrected chi connectivity index (χ1v) is 3.72. The molecule has 0 aromatic heterocycles. The summed E-state index contributed by atoms with van der Waals surface area (Å²) in [4.78, 5) is 0. The minimum absolute atomic E-state index is 0.415. The fourth-order valence-corrected chi connectivity index (χ4v) is 0.927. The van der Waals surface area contributed by atoms with Crippen molar-refractivity contribution in [1.29, 1.82) is 0 Å². The van der Waals surface area contributed by atoms with Crippen LogP contribution in [0.4, 0.5) is 0 Å². The van der Waals surface area contributed by atoms with Crippen LogP contribution in [0.5, 0.6) is 0 Å². The highest BCUT2D eigenvalue weighted by atomic mass is 14.0. The first-order valence-electron chi connectivity index (χ1n) is 4.22. The molecule has 1 aromatic rings. The van der Waals surface area contributed by atoms with E-state index in [2.05, 4.69) is 0 Å². The fourth-order valence-electron chi connectivity index (χ4n) is 0.927. The van der Waals surface area contributed by atoms with Gasteiger partial charge in [-0.2, -0.15) is 0 Å². The molecular formula is C10H14. The highest BCUT2D eigenvalue weighted by Crippen LogP contribution is 2.16. The van der Waals surface area contributed by atoms with Crippen molar-refractivity contribution in [1.82, 2.24) is 0 Å². The molecule has 1 aromatic carbocycles. The van der Waals surface area contributed by atoms with Crippen LogP contribution in [-0.4, -0.2) is 0 Å². The summed E-state index contributed by atoms with van der Waals surface area (Å²) in [6.45, 7) is 3.99. The molecule has 54 valence electrons. The molecule has 0 saturated heterocycles. The quantitative estimate of drug-likeness (QED) is 0.584. The molecule has 0 heterocycles. The largest absolute Gasteiger partial charge is 0.0648 e. The maximum Gasteiger partial charge on any atom is 0.0349 e. The topological polar surface area (TPSA) is 0 Å². The third-order valence-corrected chi connectivity index (χ3v) is 1.80. The summed E-state index contributed by atoms with van der Waals surface area (Å²) >= 11 is 0. The lowest BCUT2D eigenvalue weighted by atomic mass is 9.99. The van der Waals surface area contributed by atoms with E-state index in [1.165, 1.54) is 0 Å². The van der Waals surface area contributed by atoms with E-state index in [1.54, 1.807) is 0 Å². The molecule has 0 aliphatic carbocycles. The fraction of sp³-hybridized carbons (Fsp3) is 0.400. The molecular weight excluding hydrogens is 120 g/mol. The number of hydrogen-bond acceptors (Lipinski definition) is 0. The summed E-state index contributed by atoms with van der Waals surface area (Å²) in [6, 6.07) is 9.97. The van der Waals surface area contributed by atoms with Gasteiger partial charge in [-0.25, -0.2) is 0 Å². The maximum atomic E-state index is 7.92. The molecule has 0 aliphatic rings. The molecule has 0 heteroatoms. The molecule has 0 N–H and O–H groups in total.